The van der Waals surface area contributed by atoms with Crippen molar-refractivity contribution in [3.8, 4) is 0 Å². The van der Waals surface area contributed by atoms with Gasteiger partial charge in [0.2, 0.25) is 0 Å². The Kier molecular flexibility index (Phi) is 2.87. The summed E-state index contributed by atoms with van der Waals surface area (Å²) in [5.41, 5.74) is 0. The zero-order valence-corrected chi connectivity index (χ0v) is 8.80. The maximum Gasteiger partial charge on any atom is 0.199 e. The minimum atomic E-state index is -3.33. The molecule has 0 N–H and O–H groups in total. The fraction of sp³-hybridized carbons (Fsp3) is 0.429. The first-order chi connectivity index (χ1) is 5.94. The summed E-state index contributed by atoms with van der Waals surface area (Å²) >= 11 is 5.47. The molecule has 0 fully saturated rings. The molecular formula is C7H9ClN2O2S. The lowest BCUT2D eigenvalue weighted by atomic mass is 10.6. The molecule has 0 bridgehead atoms. The SMILES string of the molecule is CC(C)S(=O)(=O)c1ccc(Cl)nn1. The molecule has 0 saturated carbocycles. The van der Waals surface area contributed by atoms with E-state index < -0.39 is 15.1 Å². The van der Waals surface area contributed by atoms with E-state index in [-0.39, 0.29) is 10.2 Å². The number of aromatic nitrogens is 2. The lowest BCUT2D eigenvalue weighted by Crippen LogP contribution is -2.15. The topological polar surface area (TPSA) is 59.9 Å². The number of halogens is 1. The van der Waals surface area contributed by atoms with Crippen LogP contribution in [0.3, 0.4) is 0 Å². The lowest BCUT2D eigenvalue weighted by molar-refractivity contribution is 0.581. The smallest absolute Gasteiger partial charge is 0.199 e. The maximum absolute atomic E-state index is 11.5. The number of rotatable bonds is 2. The second-order valence-electron chi connectivity index (χ2n) is 2.79. The van der Waals surface area contributed by atoms with Crippen LogP contribution < -0.4 is 0 Å². The Bertz CT molecular complexity index is 385. The number of hydrogen-bond donors (Lipinski definition) is 0. The maximum atomic E-state index is 11.5. The van der Waals surface area contributed by atoms with Crippen LogP contribution in [0.4, 0.5) is 0 Å². The van der Waals surface area contributed by atoms with E-state index in [0.717, 1.165) is 0 Å². The van der Waals surface area contributed by atoms with Gasteiger partial charge in [-0.1, -0.05) is 11.6 Å². The van der Waals surface area contributed by atoms with Crippen molar-refractivity contribution in [2.75, 3.05) is 0 Å². The molecule has 0 aliphatic heterocycles. The van der Waals surface area contributed by atoms with Crippen molar-refractivity contribution >= 4 is 21.4 Å². The van der Waals surface area contributed by atoms with Gasteiger partial charge in [-0.05, 0) is 26.0 Å². The quantitative estimate of drug-likeness (QED) is 0.754. The summed E-state index contributed by atoms with van der Waals surface area (Å²) in [4.78, 5) is 0. The van der Waals surface area contributed by atoms with E-state index >= 15 is 0 Å². The first kappa shape index (κ1) is 10.4. The zero-order chi connectivity index (χ0) is 10.1. The van der Waals surface area contributed by atoms with Crippen molar-refractivity contribution < 1.29 is 8.42 Å². The first-order valence-electron chi connectivity index (χ1n) is 3.67. The Labute approximate surface area is 81.9 Å². The van der Waals surface area contributed by atoms with Gasteiger partial charge in [0.1, 0.15) is 0 Å². The summed E-state index contributed by atoms with van der Waals surface area (Å²) in [6, 6.07) is 2.76. The molecule has 72 valence electrons. The van der Waals surface area contributed by atoms with E-state index in [9.17, 15) is 8.42 Å². The van der Waals surface area contributed by atoms with Crippen LogP contribution >= 0.6 is 11.6 Å². The third-order valence-electron chi connectivity index (χ3n) is 1.52. The van der Waals surface area contributed by atoms with Gasteiger partial charge in [0, 0.05) is 0 Å². The van der Waals surface area contributed by atoms with Crippen LogP contribution in [0.2, 0.25) is 5.15 Å². The highest BCUT2D eigenvalue weighted by molar-refractivity contribution is 7.91. The van der Waals surface area contributed by atoms with Crippen LogP contribution in [0.5, 0.6) is 0 Å². The van der Waals surface area contributed by atoms with Crippen molar-refractivity contribution in [2.24, 2.45) is 0 Å². The number of hydrogen-bond acceptors (Lipinski definition) is 4. The van der Waals surface area contributed by atoms with E-state index in [1.54, 1.807) is 13.8 Å². The number of sulfone groups is 1. The Morgan fingerprint density at radius 3 is 2.31 bits per heavy atom. The molecule has 0 aliphatic carbocycles. The van der Waals surface area contributed by atoms with E-state index in [0.29, 0.717) is 0 Å². The molecule has 0 saturated heterocycles. The average Bonchev–Trinajstić information content (AvgIpc) is 2.04. The second-order valence-corrected chi connectivity index (χ2v) is 5.63. The lowest BCUT2D eigenvalue weighted by Gasteiger charge is -2.04. The summed E-state index contributed by atoms with van der Waals surface area (Å²) in [5, 5.41) is 6.62. The summed E-state index contributed by atoms with van der Waals surface area (Å²) in [6.45, 7) is 3.18. The Hall–Kier alpha value is -0.680. The predicted molar refractivity (Wildman–Crippen MR) is 49.4 cm³/mol. The van der Waals surface area contributed by atoms with Crippen molar-refractivity contribution in [1.82, 2.24) is 10.2 Å². The van der Waals surface area contributed by atoms with Gasteiger partial charge >= 0.3 is 0 Å². The van der Waals surface area contributed by atoms with Gasteiger partial charge < -0.3 is 0 Å². The predicted octanol–water partition coefficient (Wildman–Crippen LogP) is 1.31. The molecule has 0 aliphatic rings. The molecule has 1 aromatic rings. The standard InChI is InChI=1S/C7H9ClN2O2S/c1-5(2)13(11,12)7-4-3-6(8)9-10-7/h3-5H,1-2H3. The van der Waals surface area contributed by atoms with Gasteiger partial charge in [-0.3, -0.25) is 0 Å². The fourth-order valence-electron chi connectivity index (χ4n) is 0.697. The van der Waals surface area contributed by atoms with Gasteiger partial charge in [-0.15, -0.1) is 10.2 Å². The van der Waals surface area contributed by atoms with Crippen molar-refractivity contribution in [1.29, 1.82) is 0 Å². The molecule has 0 radical (unpaired) electrons. The summed E-state index contributed by atoms with van der Waals surface area (Å²) < 4.78 is 23.0. The molecule has 1 aromatic heterocycles. The Morgan fingerprint density at radius 1 is 1.31 bits per heavy atom. The summed E-state index contributed by atoms with van der Waals surface area (Å²) in [7, 11) is -3.33. The molecule has 0 atom stereocenters. The summed E-state index contributed by atoms with van der Waals surface area (Å²) in [6.07, 6.45) is 0. The van der Waals surface area contributed by atoms with Crippen LogP contribution in [0.25, 0.3) is 0 Å². The molecule has 0 unspecified atom stereocenters. The van der Waals surface area contributed by atoms with Gasteiger partial charge in [0.05, 0.1) is 5.25 Å². The highest BCUT2D eigenvalue weighted by Gasteiger charge is 2.20. The van der Waals surface area contributed by atoms with E-state index in [4.69, 9.17) is 11.6 Å². The van der Waals surface area contributed by atoms with Crippen LogP contribution in [-0.2, 0) is 9.84 Å². The Morgan fingerprint density at radius 2 is 1.92 bits per heavy atom. The second kappa shape index (κ2) is 3.59. The minimum Gasteiger partial charge on any atom is -0.222 e. The highest BCUT2D eigenvalue weighted by Crippen LogP contribution is 2.13. The normalized spacial score (nSPS) is 12.0. The van der Waals surface area contributed by atoms with Crippen molar-refractivity contribution in [2.45, 2.75) is 24.1 Å². The first-order valence-corrected chi connectivity index (χ1v) is 5.60. The minimum absolute atomic E-state index is 0.0353. The molecule has 1 heterocycles. The van der Waals surface area contributed by atoms with E-state index in [1.165, 1.54) is 12.1 Å². The number of nitrogens with zero attached hydrogens (tertiary/aromatic N) is 2. The average molecular weight is 221 g/mol. The monoisotopic (exact) mass is 220 g/mol. The van der Waals surface area contributed by atoms with Crippen molar-refractivity contribution in [3.63, 3.8) is 0 Å². The molecule has 0 amide bonds. The third kappa shape index (κ3) is 2.16. The van der Waals surface area contributed by atoms with Crippen LogP contribution in [0, 0.1) is 0 Å². The summed E-state index contributed by atoms with van der Waals surface area (Å²) in [5.74, 6) is 0. The largest absolute Gasteiger partial charge is 0.222 e. The van der Waals surface area contributed by atoms with Crippen LogP contribution in [0.15, 0.2) is 17.2 Å². The fourth-order valence-corrected chi connectivity index (χ4v) is 1.69. The molecule has 0 spiro atoms. The van der Waals surface area contributed by atoms with Gasteiger partial charge in [-0.2, -0.15) is 0 Å². The molecular weight excluding hydrogens is 212 g/mol. The molecule has 0 aromatic carbocycles. The highest BCUT2D eigenvalue weighted by atomic mass is 35.5. The Balaban J connectivity index is 3.17. The van der Waals surface area contributed by atoms with Crippen LogP contribution in [-0.4, -0.2) is 23.9 Å². The molecule has 13 heavy (non-hydrogen) atoms. The third-order valence-corrected chi connectivity index (χ3v) is 3.76. The molecule has 1 rings (SSSR count). The zero-order valence-electron chi connectivity index (χ0n) is 7.23. The van der Waals surface area contributed by atoms with E-state index in [2.05, 4.69) is 10.2 Å². The van der Waals surface area contributed by atoms with E-state index in [1.807, 2.05) is 0 Å². The van der Waals surface area contributed by atoms with Gasteiger partial charge in [-0.25, -0.2) is 8.42 Å². The van der Waals surface area contributed by atoms with Gasteiger partial charge in [0.15, 0.2) is 20.0 Å². The molecule has 6 heteroatoms. The van der Waals surface area contributed by atoms with Crippen LogP contribution in [0.1, 0.15) is 13.8 Å². The van der Waals surface area contributed by atoms with Crippen molar-refractivity contribution in [3.05, 3.63) is 17.3 Å². The van der Waals surface area contributed by atoms with Gasteiger partial charge in [0.25, 0.3) is 0 Å². The molecule has 4 nitrogen and oxygen atoms in total.